The van der Waals surface area contributed by atoms with Gasteiger partial charge < -0.3 is 44.5 Å². The Bertz CT molecular complexity index is 1610. The number of alkyl carbamates (subject to hydrolysis) is 2. The lowest BCUT2D eigenvalue weighted by atomic mass is 9.76. The second-order valence-corrected chi connectivity index (χ2v) is 14.4. The maximum Gasteiger partial charge on any atom is 0.410 e. The highest BCUT2D eigenvalue weighted by Gasteiger charge is 2.47. The van der Waals surface area contributed by atoms with Crippen LogP contribution in [0, 0.1) is 5.92 Å². The molecule has 4 atom stereocenters. The fourth-order valence-electron chi connectivity index (χ4n) is 6.51. The highest BCUT2D eigenvalue weighted by Crippen LogP contribution is 2.37. The predicted molar refractivity (Wildman–Crippen MR) is 191 cm³/mol. The molecule has 14 heteroatoms. The number of amides is 4. The molecule has 4 rings (SSSR count). The van der Waals surface area contributed by atoms with Crippen molar-refractivity contribution in [3.63, 3.8) is 0 Å². The maximum absolute atomic E-state index is 14.4. The summed E-state index contributed by atoms with van der Waals surface area (Å²) in [5.41, 5.74) is -0.0907. The van der Waals surface area contributed by atoms with Crippen molar-refractivity contribution in [1.29, 1.82) is 0 Å². The predicted octanol–water partition coefficient (Wildman–Crippen LogP) is 4.69. The van der Waals surface area contributed by atoms with Gasteiger partial charge >= 0.3 is 24.2 Å². The van der Waals surface area contributed by atoms with E-state index in [0.29, 0.717) is 36.3 Å². The number of hydrogen-bond donors (Lipinski definition) is 3. The molecule has 0 saturated carbocycles. The standard InChI is InChI=1S/C38H50N4O10/c1-7-18-49-36(48)42-21-25(2)19-28(42)24-50-31-15-11-14-27-16-17-38(20-29(27)31,40-35(47)52-37(3,4)5)33(45)41(6)22-30(32(43)44)39-34(46)51-23-26-12-9-8-10-13-26/h7-15,25,28,30H,1,16-24H2,2-6H3,(H,39,46)(H,40,47)(H,43,44)/t25-,28-,30-,38-/m0/s1. The molecule has 1 saturated heterocycles. The third-order valence-corrected chi connectivity index (χ3v) is 8.90. The summed E-state index contributed by atoms with van der Waals surface area (Å²) in [6.07, 6.45) is 0.573. The van der Waals surface area contributed by atoms with E-state index in [1.165, 1.54) is 18.0 Å². The van der Waals surface area contributed by atoms with Crippen LogP contribution in [-0.4, -0.2) is 102 Å². The van der Waals surface area contributed by atoms with Crippen molar-refractivity contribution in [3.8, 4) is 5.75 Å². The van der Waals surface area contributed by atoms with E-state index < -0.39 is 53.9 Å². The van der Waals surface area contributed by atoms with Crippen LogP contribution in [0.5, 0.6) is 5.75 Å². The number of likely N-dealkylation sites (N-methyl/N-ethyl adjacent to an activating group) is 1. The van der Waals surface area contributed by atoms with Crippen molar-refractivity contribution in [2.24, 2.45) is 5.92 Å². The van der Waals surface area contributed by atoms with Gasteiger partial charge in [0.05, 0.1) is 12.6 Å². The molecule has 1 heterocycles. The van der Waals surface area contributed by atoms with Crippen LogP contribution in [0.2, 0.25) is 0 Å². The maximum atomic E-state index is 14.4. The minimum absolute atomic E-state index is 0.0113. The van der Waals surface area contributed by atoms with Crippen LogP contribution in [0.4, 0.5) is 14.4 Å². The molecule has 14 nitrogen and oxygen atoms in total. The molecule has 0 unspecified atom stereocenters. The average Bonchev–Trinajstić information content (AvgIpc) is 3.47. The molecule has 1 aliphatic carbocycles. The molecule has 282 valence electrons. The Balaban J connectivity index is 1.54. The normalized spacial score (nSPS) is 20.1. The summed E-state index contributed by atoms with van der Waals surface area (Å²) >= 11 is 0. The Hall–Kier alpha value is -5.27. The van der Waals surface area contributed by atoms with Crippen molar-refractivity contribution in [2.45, 2.75) is 83.2 Å². The molecule has 0 aromatic heterocycles. The van der Waals surface area contributed by atoms with Gasteiger partial charge in [0.25, 0.3) is 0 Å². The molecule has 2 aromatic carbocycles. The van der Waals surface area contributed by atoms with Gasteiger partial charge in [-0.3, -0.25) is 4.79 Å². The van der Waals surface area contributed by atoms with Crippen LogP contribution in [0.1, 0.15) is 57.2 Å². The zero-order chi connectivity index (χ0) is 38.1. The highest BCUT2D eigenvalue weighted by molar-refractivity contribution is 5.91. The Labute approximate surface area is 304 Å². The number of hydrogen-bond acceptors (Lipinski definition) is 9. The van der Waals surface area contributed by atoms with Gasteiger partial charge in [-0.2, -0.15) is 0 Å². The third-order valence-electron chi connectivity index (χ3n) is 8.90. The summed E-state index contributed by atoms with van der Waals surface area (Å²) in [7, 11) is 1.41. The van der Waals surface area contributed by atoms with E-state index in [0.717, 1.165) is 5.56 Å². The summed E-state index contributed by atoms with van der Waals surface area (Å²) in [6, 6.07) is 12.7. The molecule has 0 bridgehead atoms. The van der Waals surface area contributed by atoms with Gasteiger partial charge in [0, 0.05) is 25.6 Å². The number of rotatable bonds is 13. The lowest BCUT2D eigenvalue weighted by Crippen LogP contribution is -2.63. The number of nitrogens with one attached hydrogen (secondary N) is 2. The second-order valence-electron chi connectivity index (χ2n) is 14.4. The molecule has 4 amide bonds. The van der Waals surface area contributed by atoms with E-state index in [4.69, 9.17) is 18.9 Å². The van der Waals surface area contributed by atoms with E-state index in [2.05, 4.69) is 24.1 Å². The average molecular weight is 723 g/mol. The third kappa shape index (κ3) is 10.6. The molecule has 1 aliphatic heterocycles. The van der Waals surface area contributed by atoms with E-state index in [-0.39, 0.29) is 44.6 Å². The number of likely N-dealkylation sites (tertiary alicyclic amines) is 1. The smallest absolute Gasteiger partial charge is 0.410 e. The molecule has 52 heavy (non-hydrogen) atoms. The molecule has 2 aromatic rings. The number of carboxylic acids is 1. The van der Waals surface area contributed by atoms with Crippen molar-refractivity contribution in [1.82, 2.24) is 20.4 Å². The SMILES string of the molecule is C=CCOC(=O)N1C[C@@H](C)C[C@H]1COc1cccc2c1C[C@](NC(=O)OC(C)(C)C)(C(=O)N(C)C[C@H](NC(=O)OCc1ccccc1)C(=O)O)CC2. The Kier molecular flexibility index (Phi) is 13.1. The lowest BCUT2D eigenvalue weighted by Gasteiger charge is -2.41. The van der Waals surface area contributed by atoms with Gasteiger partial charge in [-0.25, -0.2) is 19.2 Å². The molecule has 0 radical (unpaired) electrons. The topological polar surface area (TPSA) is 173 Å². The van der Waals surface area contributed by atoms with E-state index in [9.17, 15) is 29.1 Å². The molecular weight excluding hydrogens is 672 g/mol. The Morgan fingerprint density at radius 3 is 2.48 bits per heavy atom. The number of benzene rings is 2. The number of aryl methyl sites for hydroxylation is 1. The summed E-state index contributed by atoms with van der Waals surface area (Å²) in [4.78, 5) is 68.0. The van der Waals surface area contributed by atoms with Crippen LogP contribution in [0.3, 0.4) is 0 Å². The minimum atomic E-state index is -1.55. The first-order valence-electron chi connectivity index (χ1n) is 17.4. The van der Waals surface area contributed by atoms with Crippen LogP contribution in [0.15, 0.2) is 61.2 Å². The number of carbonyl (C=O) groups is 5. The van der Waals surface area contributed by atoms with Gasteiger partial charge in [0.2, 0.25) is 5.91 Å². The zero-order valence-electron chi connectivity index (χ0n) is 30.5. The van der Waals surface area contributed by atoms with Crippen LogP contribution >= 0.6 is 0 Å². The molecular formula is C38H50N4O10. The van der Waals surface area contributed by atoms with Gasteiger partial charge in [0.1, 0.15) is 42.8 Å². The number of aliphatic carboxylic acids is 1. The van der Waals surface area contributed by atoms with Crippen LogP contribution in [-0.2, 0) is 43.2 Å². The first-order valence-corrected chi connectivity index (χ1v) is 17.4. The lowest BCUT2D eigenvalue weighted by molar-refractivity contribution is -0.142. The van der Waals surface area contributed by atoms with E-state index >= 15 is 0 Å². The second kappa shape index (κ2) is 17.3. The summed E-state index contributed by atoms with van der Waals surface area (Å²) in [5, 5.41) is 15.1. The van der Waals surface area contributed by atoms with Gasteiger partial charge in [-0.15, -0.1) is 0 Å². The molecule has 0 spiro atoms. The quantitative estimate of drug-likeness (QED) is 0.195. The van der Waals surface area contributed by atoms with Crippen LogP contribution < -0.4 is 15.4 Å². The Morgan fingerprint density at radius 2 is 1.81 bits per heavy atom. The number of nitrogens with zero attached hydrogens (tertiary/aromatic N) is 2. The number of carbonyl (C=O) groups excluding carboxylic acids is 4. The summed E-state index contributed by atoms with van der Waals surface area (Å²) < 4.78 is 22.4. The van der Waals surface area contributed by atoms with Crippen molar-refractivity contribution < 1.29 is 48.0 Å². The fourth-order valence-corrected chi connectivity index (χ4v) is 6.51. The van der Waals surface area contributed by atoms with Gasteiger partial charge in [-0.05, 0) is 63.1 Å². The first-order chi connectivity index (χ1) is 24.6. The Morgan fingerprint density at radius 1 is 1.08 bits per heavy atom. The number of carboxylic acid groups (broad SMARTS) is 1. The number of ether oxygens (including phenoxy) is 4. The number of fused-ring (bicyclic) bond motifs is 1. The van der Waals surface area contributed by atoms with Crippen molar-refractivity contribution in [3.05, 3.63) is 77.9 Å². The molecule has 2 aliphatic rings. The first kappa shape index (κ1) is 39.5. The van der Waals surface area contributed by atoms with Crippen LogP contribution in [0.25, 0.3) is 0 Å². The van der Waals surface area contributed by atoms with Gasteiger partial charge in [0.15, 0.2) is 0 Å². The monoisotopic (exact) mass is 722 g/mol. The fraction of sp³-hybridized carbons (Fsp3) is 0.500. The highest BCUT2D eigenvalue weighted by atomic mass is 16.6. The molecule has 1 fully saturated rings. The largest absolute Gasteiger partial charge is 0.491 e. The van der Waals surface area contributed by atoms with Crippen molar-refractivity contribution in [2.75, 3.05) is 33.4 Å². The van der Waals surface area contributed by atoms with Crippen molar-refractivity contribution >= 4 is 30.2 Å². The summed E-state index contributed by atoms with van der Waals surface area (Å²) in [6.45, 7) is 11.1. The van der Waals surface area contributed by atoms with E-state index in [1.54, 1.807) is 56.0 Å². The van der Waals surface area contributed by atoms with Gasteiger partial charge in [-0.1, -0.05) is 62.0 Å². The molecule has 3 N–H and O–H groups in total. The summed E-state index contributed by atoms with van der Waals surface area (Å²) in [5.74, 6) is -1.22. The van der Waals surface area contributed by atoms with E-state index in [1.807, 2.05) is 18.2 Å². The minimum Gasteiger partial charge on any atom is -0.491 e. The zero-order valence-corrected chi connectivity index (χ0v) is 30.5.